The summed E-state index contributed by atoms with van der Waals surface area (Å²) in [5, 5.41) is 2.82. The molecule has 1 aliphatic rings. The van der Waals surface area contributed by atoms with Crippen LogP contribution in [0, 0.1) is 11.6 Å². The van der Waals surface area contributed by atoms with E-state index >= 15 is 0 Å². The lowest BCUT2D eigenvalue weighted by Gasteiger charge is -2.25. The van der Waals surface area contributed by atoms with Gasteiger partial charge in [0.25, 0.3) is 0 Å². The van der Waals surface area contributed by atoms with Gasteiger partial charge in [0.1, 0.15) is 21.8 Å². The number of rotatable bonds is 4. The SMILES string of the molecule is CC(C)(C)OC(=O)NC(Cc1cc(F)cc(F)c1)c1nc(Br)c2c(c1Br)CCC2. The number of carbonyl (C=O) groups excluding carboxylic acids is 1. The molecule has 156 valence electrons. The van der Waals surface area contributed by atoms with Gasteiger partial charge in [0.15, 0.2) is 0 Å². The van der Waals surface area contributed by atoms with Crippen LogP contribution in [-0.2, 0) is 24.0 Å². The molecule has 0 radical (unpaired) electrons. The Morgan fingerprint density at radius 1 is 1.17 bits per heavy atom. The number of benzene rings is 1. The second kappa shape index (κ2) is 8.68. The molecule has 1 aromatic heterocycles. The molecule has 1 unspecified atom stereocenters. The molecule has 1 aliphatic carbocycles. The van der Waals surface area contributed by atoms with E-state index in [1.807, 2.05) is 0 Å². The molecular weight excluding hydrogens is 510 g/mol. The normalized spacial score (nSPS) is 14.4. The third-order valence-electron chi connectivity index (χ3n) is 4.56. The fourth-order valence-corrected chi connectivity index (χ4v) is 4.88. The maximum Gasteiger partial charge on any atom is 0.408 e. The van der Waals surface area contributed by atoms with E-state index in [1.165, 1.54) is 12.1 Å². The van der Waals surface area contributed by atoms with Crippen molar-refractivity contribution in [3.63, 3.8) is 0 Å². The van der Waals surface area contributed by atoms with E-state index in [-0.39, 0.29) is 6.42 Å². The molecule has 4 nitrogen and oxygen atoms in total. The maximum atomic E-state index is 13.7. The Morgan fingerprint density at radius 2 is 1.79 bits per heavy atom. The standard InChI is InChI=1S/C21H22Br2F2N2O2/c1-21(2,3)29-20(28)26-16(9-11-7-12(24)10-13(25)8-11)18-17(22)14-5-4-6-15(14)19(23)27-18/h7-8,10,16H,4-6,9H2,1-3H3,(H,26,28). The van der Waals surface area contributed by atoms with E-state index in [0.717, 1.165) is 45.5 Å². The van der Waals surface area contributed by atoms with Crippen molar-refractivity contribution in [2.45, 2.75) is 58.1 Å². The Labute approximate surface area is 185 Å². The number of hydrogen-bond acceptors (Lipinski definition) is 3. The second-order valence-electron chi connectivity index (χ2n) is 8.09. The van der Waals surface area contributed by atoms with Crippen LogP contribution in [-0.4, -0.2) is 16.7 Å². The van der Waals surface area contributed by atoms with Crippen molar-refractivity contribution in [1.29, 1.82) is 0 Å². The van der Waals surface area contributed by atoms with Crippen molar-refractivity contribution < 1.29 is 18.3 Å². The van der Waals surface area contributed by atoms with E-state index in [2.05, 4.69) is 42.2 Å². The lowest BCUT2D eigenvalue weighted by atomic mass is 10.0. The number of ether oxygens (including phenoxy) is 1. The summed E-state index contributed by atoms with van der Waals surface area (Å²) in [5.74, 6) is -1.34. The monoisotopic (exact) mass is 530 g/mol. The van der Waals surface area contributed by atoms with Crippen molar-refractivity contribution in [3.8, 4) is 0 Å². The highest BCUT2D eigenvalue weighted by molar-refractivity contribution is 9.11. The topological polar surface area (TPSA) is 51.2 Å². The number of carbonyl (C=O) groups is 1. The van der Waals surface area contributed by atoms with Gasteiger partial charge in [-0.3, -0.25) is 0 Å². The quantitative estimate of drug-likeness (QED) is 0.479. The molecule has 0 saturated heterocycles. The van der Waals surface area contributed by atoms with E-state index in [1.54, 1.807) is 20.8 Å². The minimum Gasteiger partial charge on any atom is -0.444 e. The summed E-state index contributed by atoms with van der Waals surface area (Å²) in [7, 11) is 0. The first-order valence-electron chi connectivity index (χ1n) is 9.34. The molecule has 1 heterocycles. The molecule has 0 aliphatic heterocycles. The molecule has 1 aromatic carbocycles. The Morgan fingerprint density at radius 3 is 2.41 bits per heavy atom. The van der Waals surface area contributed by atoms with Crippen molar-refractivity contribution in [2.75, 3.05) is 0 Å². The zero-order chi connectivity index (χ0) is 21.3. The van der Waals surface area contributed by atoms with Crippen LogP contribution in [0.5, 0.6) is 0 Å². The Kier molecular flexibility index (Phi) is 6.63. The summed E-state index contributed by atoms with van der Waals surface area (Å²) in [6, 6.07) is 2.69. The van der Waals surface area contributed by atoms with Gasteiger partial charge < -0.3 is 10.1 Å². The highest BCUT2D eigenvalue weighted by atomic mass is 79.9. The van der Waals surface area contributed by atoms with Gasteiger partial charge in [0.2, 0.25) is 0 Å². The highest BCUT2D eigenvalue weighted by Gasteiger charge is 2.28. The zero-order valence-corrected chi connectivity index (χ0v) is 19.6. The number of nitrogens with one attached hydrogen (secondary N) is 1. The van der Waals surface area contributed by atoms with E-state index in [0.29, 0.717) is 11.3 Å². The molecule has 29 heavy (non-hydrogen) atoms. The molecule has 0 spiro atoms. The molecule has 0 bridgehead atoms. The smallest absolute Gasteiger partial charge is 0.408 e. The first kappa shape index (κ1) is 22.2. The lowest BCUT2D eigenvalue weighted by Crippen LogP contribution is -2.36. The predicted molar refractivity (Wildman–Crippen MR) is 114 cm³/mol. The molecule has 0 fully saturated rings. The molecule has 1 atom stereocenters. The number of nitrogens with zero attached hydrogens (tertiary/aromatic N) is 1. The summed E-state index contributed by atoms with van der Waals surface area (Å²) >= 11 is 7.17. The van der Waals surface area contributed by atoms with E-state index < -0.39 is 29.4 Å². The first-order valence-corrected chi connectivity index (χ1v) is 10.9. The van der Waals surface area contributed by atoms with Crippen molar-refractivity contribution in [3.05, 3.63) is 61.3 Å². The summed E-state index contributed by atoms with van der Waals surface area (Å²) < 4.78 is 34.3. The van der Waals surface area contributed by atoms with Crippen LogP contribution in [0.1, 0.15) is 55.6 Å². The van der Waals surface area contributed by atoms with Gasteiger partial charge in [-0.15, -0.1) is 0 Å². The van der Waals surface area contributed by atoms with Crippen LogP contribution in [0.2, 0.25) is 0 Å². The maximum absolute atomic E-state index is 13.7. The third kappa shape index (κ3) is 5.54. The number of fused-ring (bicyclic) bond motifs is 1. The van der Waals surface area contributed by atoms with Gasteiger partial charge in [0.05, 0.1) is 11.7 Å². The lowest BCUT2D eigenvalue weighted by molar-refractivity contribution is 0.0502. The van der Waals surface area contributed by atoms with Crippen molar-refractivity contribution in [2.24, 2.45) is 0 Å². The van der Waals surface area contributed by atoms with E-state index in [9.17, 15) is 13.6 Å². The number of amides is 1. The number of aromatic nitrogens is 1. The number of halogens is 4. The number of alkyl carbamates (subject to hydrolysis) is 1. The van der Waals surface area contributed by atoms with Crippen molar-refractivity contribution in [1.82, 2.24) is 10.3 Å². The molecule has 1 N–H and O–H groups in total. The minimum absolute atomic E-state index is 0.157. The summed E-state index contributed by atoms with van der Waals surface area (Å²) in [5.41, 5.74) is 2.61. The molecule has 0 saturated carbocycles. The van der Waals surface area contributed by atoms with E-state index in [4.69, 9.17) is 4.74 Å². The zero-order valence-electron chi connectivity index (χ0n) is 16.4. The summed E-state index contributed by atoms with van der Waals surface area (Å²) in [4.78, 5) is 17.1. The highest BCUT2D eigenvalue weighted by Crippen LogP contribution is 2.38. The van der Waals surface area contributed by atoms with Gasteiger partial charge >= 0.3 is 6.09 Å². The average Bonchev–Trinajstić information content (AvgIpc) is 3.05. The van der Waals surface area contributed by atoms with Gasteiger partial charge in [-0.1, -0.05) is 0 Å². The van der Waals surface area contributed by atoms with Crippen LogP contribution in [0.25, 0.3) is 0 Å². The molecule has 8 heteroatoms. The summed E-state index contributed by atoms with van der Waals surface area (Å²) in [6.45, 7) is 5.30. The third-order valence-corrected chi connectivity index (χ3v) is 6.10. The van der Waals surface area contributed by atoms with Crippen LogP contribution >= 0.6 is 31.9 Å². The van der Waals surface area contributed by atoms with Crippen LogP contribution < -0.4 is 5.32 Å². The second-order valence-corrected chi connectivity index (χ2v) is 9.64. The average molecular weight is 532 g/mol. The van der Waals surface area contributed by atoms with Crippen molar-refractivity contribution >= 4 is 38.0 Å². The minimum atomic E-state index is -0.678. The molecule has 1 amide bonds. The Balaban J connectivity index is 1.99. The van der Waals surface area contributed by atoms with Gasteiger partial charge in [-0.2, -0.15) is 0 Å². The fourth-order valence-electron chi connectivity index (χ4n) is 3.45. The number of hydrogen-bond donors (Lipinski definition) is 1. The Bertz CT molecular complexity index is 925. The summed E-state index contributed by atoms with van der Waals surface area (Å²) in [6.07, 6.45) is 2.39. The predicted octanol–water partition coefficient (Wildman–Crippen LogP) is 6.18. The Hall–Kier alpha value is -1.54. The number of pyridine rings is 1. The van der Waals surface area contributed by atoms with Gasteiger partial charge in [0, 0.05) is 10.5 Å². The van der Waals surface area contributed by atoms with Gasteiger partial charge in [-0.05, 0) is 107 Å². The molecule has 2 aromatic rings. The molecular formula is C21H22Br2F2N2O2. The first-order chi connectivity index (χ1) is 13.5. The largest absolute Gasteiger partial charge is 0.444 e. The molecule has 3 rings (SSSR count). The fraction of sp³-hybridized carbons (Fsp3) is 0.429. The van der Waals surface area contributed by atoms with Crippen LogP contribution in [0.3, 0.4) is 0 Å². The van der Waals surface area contributed by atoms with Crippen LogP contribution in [0.4, 0.5) is 13.6 Å². The van der Waals surface area contributed by atoms with Crippen LogP contribution in [0.15, 0.2) is 27.3 Å². The van der Waals surface area contributed by atoms with Gasteiger partial charge in [-0.25, -0.2) is 18.6 Å².